The van der Waals surface area contributed by atoms with Crippen molar-refractivity contribution in [1.82, 2.24) is 5.32 Å². The van der Waals surface area contributed by atoms with E-state index >= 15 is 0 Å². The van der Waals surface area contributed by atoms with Gasteiger partial charge in [0.1, 0.15) is 18.5 Å². The number of carbonyl (C=O) groups excluding carboxylic acids is 2. The number of nitrogens with two attached hydrogens (primary N) is 1. The van der Waals surface area contributed by atoms with Crippen molar-refractivity contribution in [1.29, 1.82) is 0 Å². The fraction of sp³-hybridized carbons (Fsp3) is 0.364. The lowest BCUT2D eigenvalue weighted by Gasteiger charge is -2.21. The number of hydrogen-bond donors (Lipinski definition) is 2. The van der Waals surface area contributed by atoms with E-state index < -0.39 is 5.91 Å². The molecule has 7 heteroatoms. The van der Waals surface area contributed by atoms with Gasteiger partial charge in [0.05, 0.1) is 0 Å². The zero-order valence-corrected chi connectivity index (χ0v) is 17.6. The molecule has 0 aliphatic rings. The first kappa shape index (κ1) is 24.5. The Hall–Kier alpha value is -2.57. The SMILES string of the molecule is CC(=O)O[C@@H](CN[C@H](C)CCc1ccc(C(N)=O)cc1)COc1ccccc1.Cl. The Morgan fingerprint density at radius 2 is 1.72 bits per heavy atom. The van der Waals surface area contributed by atoms with Crippen molar-refractivity contribution in [3.63, 3.8) is 0 Å². The van der Waals surface area contributed by atoms with Crippen molar-refractivity contribution in [3.8, 4) is 5.75 Å². The first-order valence-electron chi connectivity index (χ1n) is 9.41. The Morgan fingerprint density at radius 1 is 1.07 bits per heavy atom. The van der Waals surface area contributed by atoms with E-state index in [1.54, 1.807) is 12.1 Å². The summed E-state index contributed by atoms with van der Waals surface area (Å²) >= 11 is 0. The standard InChI is InChI=1S/C22H28N2O4.ClH/c1-16(8-9-18-10-12-19(13-11-18)22(23)26)24-14-21(28-17(2)25)15-27-20-6-4-3-5-7-20;/h3-7,10-13,16,21,24H,8-9,14-15H2,1-2H3,(H2,23,26);1H/t16-,21+;/m1./s1. The normalized spacial score (nSPS) is 12.3. The van der Waals surface area contributed by atoms with E-state index in [2.05, 4.69) is 12.2 Å². The molecule has 0 bridgehead atoms. The minimum atomic E-state index is -0.421. The van der Waals surface area contributed by atoms with Gasteiger partial charge >= 0.3 is 5.97 Å². The van der Waals surface area contributed by atoms with Crippen molar-refractivity contribution in [2.24, 2.45) is 5.73 Å². The molecule has 158 valence electrons. The van der Waals surface area contributed by atoms with Gasteiger partial charge in [-0.05, 0) is 49.6 Å². The number of esters is 1. The summed E-state index contributed by atoms with van der Waals surface area (Å²) in [6.07, 6.45) is 1.41. The van der Waals surface area contributed by atoms with Gasteiger partial charge in [-0.25, -0.2) is 0 Å². The Bertz CT molecular complexity index is 753. The molecule has 2 rings (SSSR count). The van der Waals surface area contributed by atoms with Crippen LogP contribution >= 0.6 is 12.4 Å². The predicted molar refractivity (Wildman–Crippen MR) is 115 cm³/mol. The zero-order chi connectivity index (χ0) is 20.4. The van der Waals surface area contributed by atoms with E-state index in [1.165, 1.54) is 6.92 Å². The van der Waals surface area contributed by atoms with Gasteiger partial charge in [0.25, 0.3) is 0 Å². The Morgan fingerprint density at radius 3 is 2.31 bits per heavy atom. The second-order valence-electron chi connectivity index (χ2n) is 6.76. The summed E-state index contributed by atoms with van der Waals surface area (Å²) in [6, 6.07) is 17.0. The monoisotopic (exact) mass is 420 g/mol. The summed E-state index contributed by atoms with van der Waals surface area (Å²) in [5.41, 5.74) is 6.91. The maximum Gasteiger partial charge on any atom is 0.303 e. The number of carbonyl (C=O) groups is 2. The van der Waals surface area contributed by atoms with Gasteiger partial charge in [-0.1, -0.05) is 30.3 Å². The van der Waals surface area contributed by atoms with Crippen LogP contribution in [0, 0.1) is 0 Å². The molecule has 0 aliphatic heterocycles. The number of primary amides is 1. The maximum absolute atomic E-state index is 11.4. The van der Waals surface area contributed by atoms with Crippen LogP contribution in [0.2, 0.25) is 0 Å². The highest BCUT2D eigenvalue weighted by Gasteiger charge is 2.15. The minimum Gasteiger partial charge on any atom is -0.490 e. The maximum atomic E-state index is 11.4. The van der Waals surface area contributed by atoms with Crippen LogP contribution in [-0.4, -0.2) is 37.2 Å². The molecule has 29 heavy (non-hydrogen) atoms. The van der Waals surface area contributed by atoms with Crippen LogP contribution in [0.25, 0.3) is 0 Å². The molecule has 0 radical (unpaired) electrons. The third kappa shape index (κ3) is 9.45. The van der Waals surface area contributed by atoms with Crippen LogP contribution in [0.5, 0.6) is 5.75 Å². The molecule has 0 spiro atoms. The molecule has 0 saturated carbocycles. The number of para-hydroxylation sites is 1. The number of amides is 1. The summed E-state index contributed by atoms with van der Waals surface area (Å²) in [6.45, 7) is 4.28. The van der Waals surface area contributed by atoms with E-state index in [-0.39, 0.29) is 37.1 Å². The van der Waals surface area contributed by atoms with Gasteiger partial charge < -0.3 is 20.5 Å². The van der Waals surface area contributed by atoms with Gasteiger partial charge in [-0.2, -0.15) is 0 Å². The number of benzene rings is 2. The number of rotatable bonds is 11. The van der Waals surface area contributed by atoms with Crippen LogP contribution in [0.15, 0.2) is 54.6 Å². The molecule has 0 heterocycles. The Labute approximate surface area is 178 Å². The smallest absolute Gasteiger partial charge is 0.303 e. The average Bonchev–Trinajstić information content (AvgIpc) is 2.69. The van der Waals surface area contributed by atoms with Crippen molar-refractivity contribution >= 4 is 24.3 Å². The molecule has 2 atom stereocenters. The van der Waals surface area contributed by atoms with Gasteiger partial charge in [-0.15, -0.1) is 12.4 Å². The van der Waals surface area contributed by atoms with Crippen molar-refractivity contribution in [3.05, 3.63) is 65.7 Å². The molecule has 1 amide bonds. The van der Waals surface area contributed by atoms with Crippen LogP contribution < -0.4 is 15.8 Å². The highest BCUT2D eigenvalue weighted by atomic mass is 35.5. The molecular weight excluding hydrogens is 392 g/mol. The van der Waals surface area contributed by atoms with E-state index in [0.29, 0.717) is 12.1 Å². The first-order chi connectivity index (χ1) is 13.4. The molecular formula is C22H29ClN2O4. The zero-order valence-electron chi connectivity index (χ0n) is 16.8. The van der Waals surface area contributed by atoms with E-state index in [1.807, 2.05) is 42.5 Å². The summed E-state index contributed by atoms with van der Waals surface area (Å²) in [5.74, 6) is -0.00594. The third-order valence-electron chi connectivity index (χ3n) is 4.31. The Balaban J connectivity index is 0.00000420. The summed E-state index contributed by atoms with van der Waals surface area (Å²) in [5, 5.41) is 3.39. The molecule has 3 N–H and O–H groups in total. The van der Waals surface area contributed by atoms with Crippen LogP contribution in [0.4, 0.5) is 0 Å². The highest BCUT2D eigenvalue weighted by Crippen LogP contribution is 2.10. The molecule has 0 unspecified atom stereocenters. The quantitative estimate of drug-likeness (QED) is 0.545. The van der Waals surface area contributed by atoms with Crippen LogP contribution in [0.1, 0.15) is 36.2 Å². The number of hydrogen-bond acceptors (Lipinski definition) is 5. The predicted octanol–water partition coefficient (Wildman–Crippen LogP) is 3.13. The lowest BCUT2D eigenvalue weighted by atomic mass is 10.0. The van der Waals surface area contributed by atoms with Gasteiger partial charge in [0.15, 0.2) is 0 Å². The second kappa shape index (κ2) is 12.8. The summed E-state index contributed by atoms with van der Waals surface area (Å²) < 4.78 is 11.1. The van der Waals surface area contributed by atoms with Gasteiger partial charge in [0, 0.05) is 25.1 Å². The van der Waals surface area contributed by atoms with Crippen molar-refractivity contribution < 1.29 is 19.1 Å². The van der Waals surface area contributed by atoms with E-state index in [9.17, 15) is 9.59 Å². The number of ether oxygens (including phenoxy) is 2. The number of aryl methyl sites for hydroxylation is 1. The van der Waals surface area contributed by atoms with Gasteiger partial charge in [-0.3, -0.25) is 9.59 Å². The lowest BCUT2D eigenvalue weighted by molar-refractivity contribution is -0.147. The summed E-state index contributed by atoms with van der Waals surface area (Å²) in [7, 11) is 0. The third-order valence-corrected chi connectivity index (χ3v) is 4.31. The average molecular weight is 421 g/mol. The fourth-order valence-electron chi connectivity index (χ4n) is 2.73. The summed E-state index contributed by atoms with van der Waals surface area (Å²) in [4.78, 5) is 22.5. The largest absolute Gasteiger partial charge is 0.490 e. The number of halogens is 1. The fourth-order valence-corrected chi connectivity index (χ4v) is 2.73. The van der Waals surface area contributed by atoms with E-state index in [0.717, 1.165) is 24.2 Å². The van der Waals surface area contributed by atoms with E-state index in [4.69, 9.17) is 15.2 Å². The number of nitrogens with one attached hydrogen (secondary N) is 1. The van der Waals surface area contributed by atoms with Crippen molar-refractivity contribution in [2.45, 2.75) is 38.8 Å². The lowest BCUT2D eigenvalue weighted by Crippen LogP contribution is -2.39. The molecule has 6 nitrogen and oxygen atoms in total. The highest BCUT2D eigenvalue weighted by molar-refractivity contribution is 5.92. The topological polar surface area (TPSA) is 90.6 Å². The minimum absolute atomic E-state index is 0. The van der Waals surface area contributed by atoms with Crippen LogP contribution in [0.3, 0.4) is 0 Å². The molecule has 2 aromatic rings. The van der Waals surface area contributed by atoms with Crippen LogP contribution in [-0.2, 0) is 16.0 Å². The molecule has 0 aromatic heterocycles. The molecule has 0 fully saturated rings. The first-order valence-corrected chi connectivity index (χ1v) is 9.41. The van der Waals surface area contributed by atoms with Crippen molar-refractivity contribution in [2.75, 3.05) is 13.2 Å². The molecule has 0 aliphatic carbocycles. The Kier molecular flexibility index (Phi) is 10.8. The second-order valence-corrected chi connectivity index (χ2v) is 6.76. The molecule has 0 saturated heterocycles. The van der Waals surface area contributed by atoms with Gasteiger partial charge in [0.2, 0.25) is 5.91 Å². The molecule has 2 aromatic carbocycles.